The fourth-order valence-corrected chi connectivity index (χ4v) is 1.35. The van der Waals surface area contributed by atoms with Crippen LogP contribution in [0.3, 0.4) is 0 Å². The van der Waals surface area contributed by atoms with Crippen LogP contribution in [-0.4, -0.2) is 12.6 Å². The molecule has 1 aromatic rings. The maximum atomic E-state index is 11.4. The summed E-state index contributed by atoms with van der Waals surface area (Å²) in [7, 11) is 0. The zero-order valence-corrected chi connectivity index (χ0v) is 10.3. The fraction of sp³-hybridized carbons (Fsp3) is 0.308. The van der Waals surface area contributed by atoms with E-state index in [0.717, 1.165) is 5.56 Å². The van der Waals surface area contributed by atoms with Gasteiger partial charge in [0, 0.05) is 0 Å². The molecular formula is C13H15LiO3. The van der Waals surface area contributed by atoms with Gasteiger partial charge in [-0.1, -0.05) is 43.8 Å². The first-order valence-electron chi connectivity index (χ1n) is 5.17. The van der Waals surface area contributed by atoms with Gasteiger partial charge in [0.2, 0.25) is 0 Å². The van der Waals surface area contributed by atoms with Crippen LogP contribution in [0.5, 0.6) is 5.75 Å². The van der Waals surface area contributed by atoms with Crippen LogP contribution in [0.1, 0.15) is 12.5 Å². The largest absolute Gasteiger partial charge is 1.00 e. The molecule has 0 fully saturated rings. The van der Waals surface area contributed by atoms with Gasteiger partial charge in [-0.2, -0.15) is 0 Å². The molecule has 1 unspecified atom stereocenters. The zero-order valence-electron chi connectivity index (χ0n) is 10.3. The number of carbonyl (C=O) groups excluding carboxylic acids is 1. The topological polar surface area (TPSA) is 49.4 Å². The molecule has 3 nitrogen and oxygen atoms in total. The van der Waals surface area contributed by atoms with E-state index in [1.807, 2.05) is 0 Å². The van der Waals surface area contributed by atoms with Gasteiger partial charge in [0.05, 0.1) is 5.92 Å². The summed E-state index contributed by atoms with van der Waals surface area (Å²) in [6.07, 6.45) is 2.12. The van der Waals surface area contributed by atoms with Gasteiger partial charge >= 0.3 is 24.8 Å². The second kappa shape index (κ2) is 8.00. The van der Waals surface area contributed by atoms with Crippen molar-refractivity contribution in [3.8, 4) is 5.75 Å². The summed E-state index contributed by atoms with van der Waals surface area (Å²) in [6, 6.07) is 6.47. The molecule has 86 valence electrons. The van der Waals surface area contributed by atoms with E-state index in [-0.39, 0.29) is 43.1 Å². The van der Waals surface area contributed by atoms with Crippen LogP contribution in [0, 0.1) is 5.92 Å². The minimum atomic E-state index is -0.244. The average molecular weight is 226 g/mol. The van der Waals surface area contributed by atoms with Crippen molar-refractivity contribution in [3.05, 3.63) is 42.5 Å². The standard InChI is InChI=1S/C13H16O3.Li/c1-3-8-16-13(15)10(2)9-11-4-6-12(14)7-5-11;/h3-7,10,14H,1,8-9H2,2H3;/q;+1/p-1. The van der Waals surface area contributed by atoms with E-state index in [9.17, 15) is 9.90 Å². The van der Waals surface area contributed by atoms with Gasteiger partial charge in [-0.05, 0) is 12.0 Å². The van der Waals surface area contributed by atoms with E-state index in [0.29, 0.717) is 6.42 Å². The Morgan fingerprint density at radius 3 is 2.59 bits per heavy atom. The van der Waals surface area contributed by atoms with E-state index >= 15 is 0 Å². The van der Waals surface area contributed by atoms with Crippen LogP contribution in [0.25, 0.3) is 0 Å². The number of ether oxygens (including phenoxy) is 1. The first-order chi connectivity index (χ1) is 7.63. The predicted octanol–water partition coefficient (Wildman–Crippen LogP) is -1.33. The van der Waals surface area contributed by atoms with Gasteiger partial charge in [0.25, 0.3) is 0 Å². The SMILES string of the molecule is C=CCOC(=O)C(C)Cc1ccc([O-])cc1.[Li+]. The molecule has 1 rings (SSSR count). The molecule has 0 aliphatic rings. The van der Waals surface area contributed by atoms with Crippen molar-refractivity contribution in [3.63, 3.8) is 0 Å². The monoisotopic (exact) mass is 226 g/mol. The number of rotatable bonds is 5. The summed E-state index contributed by atoms with van der Waals surface area (Å²) in [4.78, 5) is 11.4. The third kappa shape index (κ3) is 5.62. The third-order valence-electron chi connectivity index (χ3n) is 2.21. The van der Waals surface area contributed by atoms with Crippen LogP contribution in [-0.2, 0) is 16.0 Å². The number of benzene rings is 1. The van der Waals surface area contributed by atoms with Gasteiger partial charge in [0.15, 0.2) is 0 Å². The Labute approximate surface area is 114 Å². The van der Waals surface area contributed by atoms with E-state index in [1.165, 1.54) is 18.2 Å². The maximum absolute atomic E-state index is 11.4. The molecule has 0 saturated carbocycles. The number of hydrogen-bond donors (Lipinski definition) is 0. The van der Waals surface area contributed by atoms with Crippen molar-refractivity contribution >= 4 is 5.97 Å². The van der Waals surface area contributed by atoms with E-state index < -0.39 is 0 Å². The van der Waals surface area contributed by atoms with Crippen LogP contribution < -0.4 is 24.0 Å². The van der Waals surface area contributed by atoms with Gasteiger partial charge in [-0.15, -0.1) is 5.75 Å². The molecule has 0 aliphatic heterocycles. The number of esters is 1. The Kier molecular flexibility index (Phi) is 7.45. The zero-order chi connectivity index (χ0) is 12.0. The van der Waals surface area contributed by atoms with Crippen LogP contribution in [0.4, 0.5) is 0 Å². The minimum Gasteiger partial charge on any atom is -0.872 e. The molecule has 0 aromatic heterocycles. The van der Waals surface area contributed by atoms with Gasteiger partial charge < -0.3 is 9.84 Å². The predicted molar refractivity (Wildman–Crippen MR) is 59.9 cm³/mol. The molecule has 0 bridgehead atoms. The average Bonchev–Trinajstić information content (AvgIpc) is 2.29. The molecule has 1 atom stereocenters. The van der Waals surface area contributed by atoms with Gasteiger partial charge in [0.1, 0.15) is 6.61 Å². The second-order valence-corrected chi connectivity index (χ2v) is 3.67. The Balaban J connectivity index is 0.00000256. The van der Waals surface area contributed by atoms with Gasteiger partial charge in [-0.25, -0.2) is 0 Å². The van der Waals surface area contributed by atoms with Crippen molar-refractivity contribution in [1.29, 1.82) is 0 Å². The van der Waals surface area contributed by atoms with Crippen molar-refractivity contribution in [1.82, 2.24) is 0 Å². The molecule has 0 radical (unpaired) electrons. The van der Waals surface area contributed by atoms with E-state index in [1.54, 1.807) is 19.1 Å². The first kappa shape index (κ1) is 15.8. The van der Waals surface area contributed by atoms with Crippen LogP contribution in [0.2, 0.25) is 0 Å². The first-order valence-corrected chi connectivity index (χ1v) is 5.17. The maximum Gasteiger partial charge on any atom is 1.00 e. The molecule has 0 spiro atoms. The molecular weight excluding hydrogens is 211 g/mol. The number of hydrogen-bond acceptors (Lipinski definition) is 3. The second-order valence-electron chi connectivity index (χ2n) is 3.67. The molecule has 0 N–H and O–H groups in total. The molecule has 0 saturated heterocycles. The Morgan fingerprint density at radius 2 is 2.06 bits per heavy atom. The van der Waals surface area contributed by atoms with Gasteiger partial charge in [-0.3, -0.25) is 4.79 Å². The summed E-state index contributed by atoms with van der Waals surface area (Å²) >= 11 is 0. The molecule has 1 aromatic carbocycles. The molecule has 17 heavy (non-hydrogen) atoms. The number of carbonyl (C=O) groups is 1. The smallest absolute Gasteiger partial charge is 0.872 e. The Morgan fingerprint density at radius 1 is 1.47 bits per heavy atom. The molecule has 0 heterocycles. The molecule has 0 amide bonds. The summed E-state index contributed by atoms with van der Waals surface area (Å²) in [6.45, 7) is 5.51. The Bertz CT molecular complexity index is 359. The van der Waals surface area contributed by atoms with Crippen LogP contribution >= 0.6 is 0 Å². The normalized spacial score (nSPS) is 11.1. The summed E-state index contributed by atoms with van der Waals surface area (Å²) in [5.41, 5.74) is 0.961. The van der Waals surface area contributed by atoms with E-state index in [4.69, 9.17) is 4.74 Å². The summed E-state index contributed by atoms with van der Waals surface area (Å²) in [5, 5.41) is 10.9. The van der Waals surface area contributed by atoms with Crippen molar-refractivity contribution in [2.24, 2.45) is 5.92 Å². The van der Waals surface area contributed by atoms with Crippen LogP contribution in [0.15, 0.2) is 36.9 Å². The minimum absolute atomic E-state index is 0. The van der Waals surface area contributed by atoms with E-state index in [2.05, 4.69) is 6.58 Å². The quantitative estimate of drug-likeness (QED) is 0.355. The fourth-order valence-electron chi connectivity index (χ4n) is 1.35. The van der Waals surface area contributed by atoms with Crippen molar-refractivity contribution in [2.45, 2.75) is 13.3 Å². The third-order valence-corrected chi connectivity index (χ3v) is 2.21. The molecule has 4 heteroatoms. The Hall–Kier alpha value is -1.17. The molecule has 0 aliphatic carbocycles. The summed E-state index contributed by atoms with van der Waals surface area (Å²) in [5.74, 6) is -0.478. The summed E-state index contributed by atoms with van der Waals surface area (Å²) < 4.78 is 4.93. The van der Waals surface area contributed by atoms with Crippen molar-refractivity contribution in [2.75, 3.05) is 6.61 Å². The van der Waals surface area contributed by atoms with Crippen molar-refractivity contribution < 1.29 is 33.5 Å².